The highest BCUT2D eigenvalue weighted by Crippen LogP contribution is 2.37. The maximum absolute atomic E-state index is 10.4. The third-order valence-corrected chi connectivity index (χ3v) is 5.30. The van der Waals surface area contributed by atoms with Crippen molar-refractivity contribution in [3.05, 3.63) is 68.7 Å². The van der Waals surface area contributed by atoms with Crippen LogP contribution in [0, 0.1) is 0 Å². The van der Waals surface area contributed by atoms with Crippen LogP contribution in [0.25, 0.3) is 0 Å². The Bertz CT molecular complexity index is 605. The SMILES string of the molecule is OC(c1ccc(C2CCC2)cc1)c1ccc(Cl)c(Br)c1. The highest BCUT2D eigenvalue weighted by molar-refractivity contribution is 9.10. The molecule has 0 bridgehead atoms. The average Bonchev–Trinajstić information content (AvgIpc) is 2.40. The summed E-state index contributed by atoms with van der Waals surface area (Å²) >= 11 is 9.37. The molecular formula is C17H16BrClO. The average molecular weight is 352 g/mol. The second-order valence-electron chi connectivity index (χ2n) is 5.37. The summed E-state index contributed by atoms with van der Waals surface area (Å²) < 4.78 is 0.807. The minimum absolute atomic E-state index is 0.612. The van der Waals surface area contributed by atoms with Gasteiger partial charge in [0.2, 0.25) is 0 Å². The van der Waals surface area contributed by atoms with Crippen LogP contribution in [0.15, 0.2) is 46.9 Å². The summed E-state index contributed by atoms with van der Waals surface area (Å²) in [5, 5.41) is 11.1. The van der Waals surface area contributed by atoms with Gasteiger partial charge in [-0.1, -0.05) is 48.4 Å². The van der Waals surface area contributed by atoms with Crippen LogP contribution in [0.1, 0.15) is 48.0 Å². The van der Waals surface area contributed by atoms with Gasteiger partial charge in [-0.05, 0) is 63.5 Å². The van der Waals surface area contributed by atoms with Gasteiger partial charge in [0, 0.05) is 4.47 Å². The molecule has 3 rings (SSSR count). The van der Waals surface area contributed by atoms with Gasteiger partial charge in [0.15, 0.2) is 0 Å². The molecule has 1 fully saturated rings. The molecule has 0 radical (unpaired) electrons. The van der Waals surface area contributed by atoms with E-state index in [4.69, 9.17) is 11.6 Å². The number of rotatable bonds is 3. The van der Waals surface area contributed by atoms with Gasteiger partial charge in [-0.3, -0.25) is 0 Å². The van der Waals surface area contributed by atoms with Gasteiger partial charge in [-0.15, -0.1) is 0 Å². The molecule has 0 amide bonds. The zero-order valence-corrected chi connectivity index (χ0v) is 13.4. The van der Waals surface area contributed by atoms with E-state index in [9.17, 15) is 5.11 Å². The van der Waals surface area contributed by atoms with Crippen LogP contribution < -0.4 is 0 Å². The van der Waals surface area contributed by atoms with E-state index in [1.54, 1.807) is 6.07 Å². The van der Waals surface area contributed by atoms with Crippen molar-refractivity contribution in [2.75, 3.05) is 0 Å². The molecule has 3 heteroatoms. The Kier molecular flexibility index (Phi) is 4.16. The quantitative estimate of drug-likeness (QED) is 0.779. The van der Waals surface area contributed by atoms with Gasteiger partial charge in [-0.2, -0.15) is 0 Å². The first-order valence-corrected chi connectivity index (χ1v) is 8.05. The number of aliphatic hydroxyl groups excluding tert-OH is 1. The standard InChI is InChI=1S/C17H16BrClO/c18-15-10-14(8-9-16(15)19)17(20)13-6-4-12(5-7-13)11-2-1-3-11/h4-11,17,20H,1-3H2. The Morgan fingerprint density at radius 1 is 1.05 bits per heavy atom. The molecule has 1 aliphatic carbocycles. The Hall–Kier alpha value is -0.830. The third-order valence-electron chi connectivity index (χ3n) is 4.09. The second-order valence-corrected chi connectivity index (χ2v) is 6.63. The van der Waals surface area contributed by atoms with Crippen LogP contribution in [-0.4, -0.2) is 5.11 Å². The molecule has 20 heavy (non-hydrogen) atoms. The number of aliphatic hydroxyl groups is 1. The lowest BCUT2D eigenvalue weighted by molar-refractivity contribution is 0.220. The first-order valence-electron chi connectivity index (χ1n) is 6.88. The summed E-state index contributed by atoms with van der Waals surface area (Å²) in [6, 6.07) is 13.9. The molecule has 104 valence electrons. The van der Waals surface area contributed by atoms with Gasteiger partial charge < -0.3 is 5.11 Å². The predicted octanol–water partition coefficient (Wildman–Crippen LogP) is 5.45. The van der Waals surface area contributed by atoms with Crippen LogP contribution in [0.4, 0.5) is 0 Å². The zero-order valence-electron chi connectivity index (χ0n) is 11.0. The normalized spacial score (nSPS) is 16.8. The van der Waals surface area contributed by atoms with Gasteiger partial charge >= 0.3 is 0 Å². The van der Waals surface area contributed by atoms with Crippen molar-refractivity contribution in [1.29, 1.82) is 0 Å². The van der Waals surface area contributed by atoms with Gasteiger partial charge in [0.25, 0.3) is 0 Å². The highest BCUT2D eigenvalue weighted by Gasteiger charge is 2.19. The van der Waals surface area contributed by atoms with E-state index in [0.29, 0.717) is 5.02 Å². The highest BCUT2D eigenvalue weighted by atomic mass is 79.9. The molecule has 1 aliphatic rings. The maximum atomic E-state index is 10.4. The van der Waals surface area contributed by atoms with Crippen molar-refractivity contribution in [2.45, 2.75) is 31.3 Å². The van der Waals surface area contributed by atoms with Crippen LogP contribution in [-0.2, 0) is 0 Å². The Morgan fingerprint density at radius 3 is 2.25 bits per heavy atom. The molecular weight excluding hydrogens is 336 g/mol. The molecule has 1 nitrogen and oxygen atoms in total. The van der Waals surface area contributed by atoms with E-state index < -0.39 is 6.10 Å². The smallest absolute Gasteiger partial charge is 0.104 e. The van der Waals surface area contributed by atoms with E-state index in [0.717, 1.165) is 21.5 Å². The Balaban J connectivity index is 1.82. The van der Waals surface area contributed by atoms with Crippen LogP contribution in [0.3, 0.4) is 0 Å². The summed E-state index contributed by atoms with van der Waals surface area (Å²) in [6.07, 6.45) is 3.32. The van der Waals surface area contributed by atoms with Crippen molar-refractivity contribution < 1.29 is 5.11 Å². The fourth-order valence-corrected chi connectivity index (χ4v) is 3.08. The van der Waals surface area contributed by atoms with E-state index >= 15 is 0 Å². The van der Waals surface area contributed by atoms with Crippen LogP contribution >= 0.6 is 27.5 Å². The number of hydrogen-bond donors (Lipinski definition) is 1. The first kappa shape index (κ1) is 14.1. The monoisotopic (exact) mass is 350 g/mol. The molecule has 0 spiro atoms. The largest absolute Gasteiger partial charge is 0.384 e. The summed E-state index contributed by atoms with van der Waals surface area (Å²) in [5.41, 5.74) is 3.16. The summed E-state index contributed by atoms with van der Waals surface area (Å²) in [6.45, 7) is 0. The zero-order chi connectivity index (χ0) is 14.1. The van der Waals surface area contributed by atoms with Crippen molar-refractivity contribution in [1.82, 2.24) is 0 Å². The summed E-state index contributed by atoms with van der Waals surface area (Å²) in [4.78, 5) is 0. The van der Waals surface area contributed by atoms with E-state index in [-0.39, 0.29) is 0 Å². The molecule has 1 atom stereocenters. The molecule has 0 heterocycles. The molecule has 1 unspecified atom stereocenters. The molecule has 2 aromatic carbocycles. The van der Waals surface area contributed by atoms with E-state index in [2.05, 4.69) is 28.1 Å². The lowest BCUT2D eigenvalue weighted by Crippen LogP contribution is -2.09. The van der Waals surface area contributed by atoms with Crippen molar-refractivity contribution in [3.8, 4) is 0 Å². The van der Waals surface area contributed by atoms with Crippen molar-refractivity contribution >= 4 is 27.5 Å². The molecule has 1 saturated carbocycles. The van der Waals surface area contributed by atoms with Gasteiger partial charge in [0.1, 0.15) is 6.10 Å². The minimum Gasteiger partial charge on any atom is -0.384 e. The summed E-state index contributed by atoms with van der Waals surface area (Å²) in [7, 11) is 0. The third kappa shape index (κ3) is 2.78. The molecule has 0 aliphatic heterocycles. The second kappa shape index (κ2) is 5.88. The minimum atomic E-state index is -0.612. The molecule has 1 N–H and O–H groups in total. The van der Waals surface area contributed by atoms with E-state index in [1.807, 2.05) is 24.3 Å². The van der Waals surface area contributed by atoms with Crippen molar-refractivity contribution in [2.24, 2.45) is 0 Å². The predicted molar refractivity (Wildman–Crippen MR) is 86.2 cm³/mol. The molecule has 2 aromatic rings. The Morgan fingerprint density at radius 2 is 1.70 bits per heavy atom. The van der Waals surface area contributed by atoms with Gasteiger partial charge in [0.05, 0.1) is 5.02 Å². The number of benzene rings is 2. The lowest BCUT2D eigenvalue weighted by atomic mass is 9.80. The Labute approximate surface area is 132 Å². The lowest BCUT2D eigenvalue weighted by Gasteiger charge is -2.26. The van der Waals surface area contributed by atoms with E-state index in [1.165, 1.54) is 24.8 Å². The van der Waals surface area contributed by atoms with Crippen LogP contribution in [0.5, 0.6) is 0 Å². The molecule has 0 aromatic heterocycles. The fourth-order valence-electron chi connectivity index (χ4n) is 2.57. The first-order chi connectivity index (χ1) is 9.65. The number of halogens is 2. The summed E-state index contributed by atoms with van der Waals surface area (Å²) in [5.74, 6) is 0.728. The fraction of sp³-hybridized carbons (Fsp3) is 0.294. The number of hydrogen-bond acceptors (Lipinski definition) is 1. The van der Waals surface area contributed by atoms with Gasteiger partial charge in [-0.25, -0.2) is 0 Å². The molecule has 0 saturated heterocycles. The van der Waals surface area contributed by atoms with Crippen molar-refractivity contribution in [3.63, 3.8) is 0 Å². The van der Waals surface area contributed by atoms with Crippen LogP contribution in [0.2, 0.25) is 5.02 Å². The maximum Gasteiger partial charge on any atom is 0.104 e. The topological polar surface area (TPSA) is 20.2 Å².